The molecule has 0 aromatic rings. The van der Waals surface area contributed by atoms with Crippen LogP contribution >= 0.6 is 12.6 Å². The van der Waals surface area contributed by atoms with Gasteiger partial charge in [0.1, 0.15) is 0 Å². The first-order valence-electron chi connectivity index (χ1n) is 3.90. The largest absolute Gasteiger partial charge is 0.462 e. The molecule has 0 bridgehead atoms. The van der Waals surface area contributed by atoms with Crippen molar-refractivity contribution in [1.82, 2.24) is 0 Å². The zero-order chi connectivity index (χ0) is 8.85. The first-order valence-corrected chi connectivity index (χ1v) is 4.48. The fraction of sp³-hybridized carbons (Fsp3) is 0.875. The molecular formula is C8H15O2S. The van der Waals surface area contributed by atoms with E-state index >= 15 is 0 Å². The Morgan fingerprint density at radius 1 is 1.55 bits per heavy atom. The van der Waals surface area contributed by atoms with Crippen molar-refractivity contribution in [1.29, 1.82) is 0 Å². The fourth-order valence-electron chi connectivity index (χ4n) is 0.466. The maximum atomic E-state index is 11.1. The van der Waals surface area contributed by atoms with E-state index in [1.54, 1.807) is 6.92 Å². The van der Waals surface area contributed by atoms with Gasteiger partial charge in [-0.25, -0.2) is 0 Å². The smallest absolute Gasteiger partial charge is 0.309 e. The number of hydrogen-bond acceptors (Lipinski definition) is 2. The molecule has 0 fully saturated rings. The summed E-state index contributed by atoms with van der Waals surface area (Å²) in [5, 5.41) is 0. The van der Waals surface area contributed by atoms with Gasteiger partial charge in [0.15, 0.2) is 0 Å². The molecule has 11 heavy (non-hydrogen) atoms. The summed E-state index contributed by atoms with van der Waals surface area (Å²) in [7, 11) is 0. The van der Waals surface area contributed by atoms with Crippen molar-refractivity contribution in [2.45, 2.75) is 33.3 Å². The van der Waals surface area contributed by atoms with Gasteiger partial charge in [-0.15, -0.1) is 0 Å². The Bertz CT molecular complexity index is 125. The highest BCUT2D eigenvalue weighted by molar-refractivity contribution is 7.80. The van der Waals surface area contributed by atoms with E-state index in [2.05, 4.69) is 0 Å². The van der Waals surface area contributed by atoms with Gasteiger partial charge in [-0.2, -0.15) is 0 Å². The highest BCUT2D eigenvalue weighted by atomic mass is 32.1. The lowest BCUT2D eigenvalue weighted by Gasteiger charge is -2.13. The van der Waals surface area contributed by atoms with E-state index in [0.29, 0.717) is 5.75 Å². The van der Waals surface area contributed by atoms with Gasteiger partial charge in [0.2, 0.25) is 0 Å². The zero-order valence-corrected chi connectivity index (χ0v) is 8.11. The lowest BCUT2D eigenvalue weighted by molar-refractivity contribution is -0.151. The Labute approximate surface area is 73.7 Å². The van der Waals surface area contributed by atoms with Crippen LogP contribution in [0.3, 0.4) is 0 Å². The van der Waals surface area contributed by atoms with Crippen LogP contribution in [-0.4, -0.2) is 17.8 Å². The van der Waals surface area contributed by atoms with Gasteiger partial charge in [-0.1, -0.05) is 26.5 Å². The molecule has 0 saturated carbocycles. The average Bonchev–Trinajstić information content (AvgIpc) is 2.02. The van der Waals surface area contributed by atoms with E-state index in [1.807, 2.05) is 13.8 Å². The molecular weight excluding hydrogens is 160 g/mol. The van der Waals surface area contributed by atoms with Crippen LogP contribution in [0.2, 0.25) is 0 Å². The van der Waals surface area contributed by atoms with Crippen LogP contribution in [0.5, 0.6) is 0 Å². The third kappa shape index (κ3) is 4.30. The molecule has 0 amide bonds. The predicted octanol–water partition coefficient (Wildman–Crippen LogP) is 2.16. The lowest BCUT2D eigenvalue weighted by Crippen LogP contribution is -2.21. The predicted molar refractivity (Wildman–Crippen MR) is 47.5 cm³/mol. The van der Waals surface area contributed by atoms with Crippen LogP contribution in [0.4, 0.5) is 0 Å². The summed E-state index contributed by atoms with van der Waals surface area (Å²) in [6.45, 7) is 5.65. The summed E-state index contributed by atoms with van der Waals surface area (Å²) in [5.74, 6) is 0.128. The van der Waals surface area contributed by atoms with Crippen LogP contribution in [-0.2, 0) is 9.53 Å². The molecule has 0 aromatic heterocycles. The molecule has 0 aromatic carbocycles. The second-order valence-electron chi connectivity index (χ2n) is 2.72. The lowest BCUT2D eigenvalue weighted by atomic mass is 10.2. The molecule has 0 aliphatic rings. The van der Waals surface area contributed by atoms with E-state index in [0.717, 1.165) is 6.42 Å². The minimum Gasteiger partial charge on any atom is -0.462 e. The Morgan fingerprint density at radius 3 is 2.45 bits per heavy atom. The van der Waals surface area contributed by atoms with E-state index in [9.17, 15) is 4.79 Å². The van der Waals surface area contributed by atoms with Crippen molar-refractivity contribution in [3.8, 4) is 0 Å². The van der Waals surface area contributed by atoms with E-state index < -0.39 is 0 Å². The maximum Gasteiger partial charge on any atom is 0.309 e. The van der Waals surface area contributed by atoms with E-state index in [1.165, 1.54) is 0 Å². The second-order valence-corrected chi connectivity index (χ2v) is 3.06. The van der Waals surface area contributed by atoms with Crippen molar-refractivity contribution in [2.24, 2.45) is 5.92 Å². The van der Waals surface area contributed by atoms with Crippen molar-refractivity contribution in [3.63, 3.8) is 0 Å². The summed E-state index contributed by atoms with van der Waals surface area (Å²) in [6, 6.07) is 0. The molecule has 0 heterocycles. The minimum atomic E-state index is -0.172. The third-order valence-electron chi connectivity index (χ3n) is 1.54. The number of carbonyl (C=O) groups is 1. The molecule has 0 aliphatic carbocycles. The molecule has 0 spiro atoms. The first kappa shape index (κ1) is 10.8. The summed E-state index contributed by atoms with van der Waals surface area (Å²) in [4.78, 5) is 11.1. The topological polar surface area (TPSA) is 26.3 Å². The van der Waals surface area contributed by atoms with Crippen molar-refractivity contribution >= 4 is 18.6 Å². The van der Waals surface area contributed by atoms with Gasteiger partial charge in [0.25, 0.3) is 0 Å². The summed E-state index contributed by atoms with van der Waals surface area (Å²) >= 11 is 4.74. The fourth-order valence-corrected chi connectivity index (χ4v) is 0.602. The molecule has 1 radical (unpaired) electrons. The molecule has 3 heteroatoms. The number of esters is 1. The molecule has 2 atom stereocenters. The van der Waals surface area contributed by atoms with Crippen LogP contribution in [0.1, 0.15) is 27.2 Å². The second kappa shape index (κ2) is 5.47. The standard InChI is InChI=1S/C8H15O2S/c1-4-7(3)10-8(9)6(2)5-11/h6-7H,4-5H2,1-3H3. The molecule has 0 rings (SSSR count). The highest BCUT2D eigenvalue weighted by Crippen LogP contribution is 2.05. The zero-order valence-electron chi connectivity index (χ0n) is 7.29. The molecule has 0 N–H and O–H groups in total. The molecule has 2 nitrogen and oxygen atoms in total. The molecule has 0 saturated heterocycles. The summed E-state index contributed by atoms with van der Waals surface area (Å²) < 4.78 is 5.05. The molecule has 0 aliphatic heterocycles. The van der Waals surface area contributed by atoms with Gasteiger partial charge in [-0.3, -0.25) is 4.79 Å². The van der Waals surface area contributed by atoms with Crippen LogP contribution in [0.15, 0.2) is 0 Å². The minimum absolute atomic E-state index is 0.0199. The van der Waals surface area contributed by atoms with Gasteiger partial charge >= 0.3 is 5.97 Å². The Hall–Kier alpha value is -0.180. The number of hydrogen-bond donors (Lipinski definition) is 0. The van der Waals surface area contributed by atoms with Crippen molar-refractivity contribution in [2.75, 3.05) is 5.75 Å². The van der Waals surface area contributed by atoms with Crippen LogP contribution in [0, 0.1) is 5.92 Å². The van der Waals surface area contributed by atoms with Gasteiger partial charge in [-0.05, 0) is 13.3 Å². The third-order valence-corrected chi connectivity index (χ3v) is 2.04. The first-order chi connectivity index (χ1) is 5.11. The van der Waals surface area contributed by atoms with Crippen molar-refractivity contribution in [3.05, 3.63) is 0 Å². The van der Waals surface area contributed by atoms with E-state index in [4.69, 9.17) is 17.4 Å². The van der Waals surface area contributed by atoms with Gasteiger partial charge in [0, 0.05) is 5.75 Å². The monoisotopic (exact) mass is 175 g/mol. The molecule has 2 unspecified atom stereocenters. The summed E-state index contributed by atoms with van der Waals surface area (Å²) in [6.07, 6.45) is 0.877. The average molecular weight is 175 g/mol. The SMILES string of the molecule is CCC(C)OC(=O)C(C)C[S]. The summed E-state index contributed by atoms with van der Waals surface area (Å²) in [5.41, 5.74) is 0. The van der Waals surface area contributed by atoms with Gasteiger partial charge in [0.05, 0.1) is 12.0 Å². The highest BCUT2D eigenvalue weighted by Gasteiger charge is 2.14. The van der Waals surface area contributed by atoms with Crippen molar-refractivity contribution < 1.29 is 9.53 Å². The number of carbonyl (C=O) groups excluding carboxylic acids is 1. The maximum absolute atomic E-state index is 11.1. The van der Waals surface area contributed by atoms with Gasteiger partial charge < -0.3 is 4.74 Å². The van der Waals surface area contributed by atoms with Crippen LogP contribution < -0.4 is 0 Å². The Morgan fingerprint density at radius 2 is 2.09 bits per heavy atom. The number of ether oxygens (including phenoxy) is 1. The van der Waals surface area contributed by atoms with E-state index in [-0.39, 0.29) is 18.0 Å². The molecule has 65 valence electrons. The normalized spacial score (nSPS) is 15.6. The quantitative estimate of drug-likeness (QED) is 0.612. The Kier molecular flexibility index (Phi) is 5.38. The Balaban J connectivity index is 3.68. The number of rotatable bonds is 4. The van der Waals surface area contributed by atoms with Crippen LogP contribution in [0.25, 0.3) is 0 Å².